The fourth-order valence-electron chi connectivity index (χ4n) is 1.69. The van der Waals surface area contributed by atoms with Crippen LogP contribution in [-0.2, 0) is 4.79 Å². The van der Waals surface area contributed by atoms with Crippen molar-refractivity contribution < 1.29 is 4.79 Å². The maximum atomic E-state index is 10.7. The molecule has 1 atom stereocenters. The van der Waals surface area contributed by atoms with Crippen LogP contribution in [0.15, 0.2) is 18.3 Å². The Morgan fingerprint density at radius 2 is 2.47 bits per heavy atom. The molecule has 3 N–H and O–H groups in total. The van der Waals surface area contributed by atoms with Gasteiger partial charge in [-0.25, -0.2) is 4.98 Å². The van der Waals surface area contributed by atoms with Crippen molar-refractivity contribution in [2.45, 2.75) is 6.04 Å². The summed E-state index contributed by atoms with van der Waals surface area (Å²) < 4.78 is 0. The van der Waals surface area contributed by atoms with Gasteiger partial charge in [-0.05, 0) is 12.1 Å². The van der Waals surface area contributed by atoms with Gasteiger partial charge in [0.1, 0.15) is 12.1 Å². The molecular weight excluding hydrogens is 192 g/mol. The first-order valence-electron chi connectivity index (χ1n) is 4.95. The fraction of sp³-hybridized carbons (Fsp3) is 0.400. The van der Waals surface area contributed by atoms with Gasteiger partial charge in [0.25, 0.3) is 0 Å². The molecule has 1 aliphatic heterocycles. The molecule has 1 saturated heterocycles. The lowest BCUT2D eigenvalue weighted by Crippen LogP contribution is -2.51. The van der Waals surface area contributed by atoms with E-state index in [1.807, 2.05) is 6.07 Å². The number of nitrogens with zero attached hydrogens (tertiary/aromatic N) is 2. The number of hydrogen-bond donors (Lipinski definition) is 2. The van der Waals surface area contributed by atoms with Crippen molar-refractivity contribution in [3.63, 3.8) is 0 Å². The second-order valence-corrected chi connectivity index (χ2v) is 3.58. The molecule has 0 aliphatic carbocycles. The van der Waals surface area contributed by atoms with Gasteiger partial charge in [0.15, 0.2) is 0 Å². The van der Waals surface area contributed by atoms with E-state index >= 15 is 0 Å². The highest BCUT2D eigenvalue weighted by Gasteiger charge is 2.18. The number of anilines is 2. The van der Waals surface area contributed by atoms with E-state index in [0.29, 0.717) is 12.4 Å². The Morgan fingerprint density at radius 3 is 3.13 bits per heavy atom. The minimum atomic E-state index is -0.0868. The first kappa shape index (κ1) is 9.92. The second kappa shape index (κ2) is 4.27. The Morgan fingerprint density at radius 1 is 1.60 bits per heavy atom. The standard InChI is InChI=1S/C10H14N4O/c11-10-2-1-9(5-13-10)14-4-3-12-8(6-14)7-15/h1-2,5,7-8,12H,3-4,6H2,(H2,11,13). The first-order valence-corrected chi connectivity index (χ1v) is 4.95. The third-order valence-corrected chi connectivity index (χ3v) is 2.51. The van der Waals surface area contributed by atoms with E-state index in [9.17, 15) is 4.79 Å². The van der Waals surface area contributed by atoms with Gasteiger partial charge in [-0.1, -0.05) is 0 Å². The summed E-state index contributed by atoms with van der Waals surface area (Å²) in [4.78, 5) is 16.8. The Hall–Kier alpha value is -1.62. The number of carbonyl (C=O) groups excluding carboxylic acids is 1. The Bertz CT molecular complexity index is 338. The molecule has 0 spiro atoms. The van der Waals surface area contributed by atoms with Gasteiger partial charge in [-0.2, -0.15) is 0 Å². The summed E-state index contributed by atoms with van der Waals surface area (Å²) in [5, 5.41) is 3.13. The van der Waals surface area contributed by atoms with Crippen LogP contribution < -0.4 is 16.0 Å². The lowest BCUT2D eigenvalue weighted by Gasteiger charge is -2.32. The topological polar surface area (TPSA) is 71.2 Å². The number of aromatic nitrogens is 1. The molecule has 1 aromatic heterocycles. The minimum absolute atomic E-state index is 0.0868. The monoisotopic (exact) mass is 206 g/mol. The quantitative estimate of drug-likeness (QED) is 0.647. The van der Waals surface area contributed by atoms with E-state index < -0.39 is 0 Å². The van der Waals surface area contributed by atoms with Gasteiger partial charge in [0.2, 0.25) is 0 Å². The largest absolute Gasteiger partial charge is 0.384 e. The maximum Gasteiger partial charge on any atom is 0.138 e. The van der Waals surface area contributed by atoms with Gasteiger partial charge in [-0.3, -0.25) is 0 Å². The average Bonchev–Trinajstić information content (AvgIpc) is 2.30. The molecule has 0 aromatic carbocycles. The van der Waals surface area contributed by atoms with Crippen molar-refractivity contribution in [2.24, 2.45) is 0 Å². The normalized spacial score (nSPS) is 21.3. The molecule has 80 valence electrons. The average molecular weight is 206 g/mol. The third kappa shape index (κ3) is 2.24. The zero-order valence-electron chi connectivity index (χ0n) is 8.39. The number of pyridine rings is 1. The molecule has 0 saturated carbocycles. The highest BCUT2D eigenvalue weighted by atomic mass is 16.1. The lowest BCUT2D eigenvalue weighted by atomic mass is 10.2. The molecule has 5 heteroatoms. The van der Waals surface area contributed by atoms with E-state index in [4.69, 9.17) is 5.73 Å². The summed E-state index contributed by atoms with van der Waals surface area (Å²) in [6.07, 6.45) is 2.68. The van der Waals surface area contributed by atoms with E-state index in [-0.39, 0.29) is 6.04 Å². The summed E-state index contributed by atoms with van der Waals surface area (Å²) in [5.41, 5.74) is 6.52. The molecular formula is C10H14N4O. The Kier molecular flexibility index (Phi) is 2.82. The molecule has 1 aromatic rings. The number of rotatable bonds is 2. The smallest absolute Gasteiger partial charge is 0.138 e. The summed E-state index contributed by atoms with van der Waals surface area (Å²) >= 11 is 0. The zero-order valence-corrected chi connectivity index (χ0v) is 8.39. The van der Waals surface area contributed by atoms with Crippen LogP contribution in [0.2, 0.25) is 0 Å². The van der Waals surface area contributed by atoms with Crippen LogP contribution in [0.5, 0.6) is 0 Å². The molecule has 0 bridgehead atoms. The zero-order chi connectivity index (χ0) is 10.7. The molecule has 0 radical (unpaired) electrons. The van der Waals surface area contributed by atoms with Crippen LogP contribution in [0.1, 0.15) is 0 Å². The summed E-state index contributed by atoms with van der Waals surface area (Å²) in [7, 11) is 0. The Labute approximate surface area is 88.3 Å². The third-order valence-electron chi connectivity index (χ3n) is 2.51. The van der Waals surface area contributed by atoms with Crippen LogP contribution in [0.25, 0.3) is 0 Å². The summed E-state index contributed by atoms with van der Waals surface area (Å²) in [6.45, 7) is 2.39. The highest BCUT2D eigenvalue weighted by Crippen LogP contribution is 2.15. The van der Waals surface area contributed by atoms with E-state index in [1.165, 1.54) is 0 Å². The molecule has 15 heavy (non-hydrogen) atoms. The lowest BCUT2D eigenvalue weighted by molar-refractivity contribution is -0.109. The van der Waals surface area contributed by atoms with Gasteiger partial charge < -0.3 is 20.7 Å². The molecule has 0 amide bonds. The van der Waals surface area contributed by atoms with Crippen molar-refractivity contribution in [1.82, 2.24) is 10.3 Å². The molecule has 2 rings (SSSR count). The second-order valence-electron chi connectivity index (χ2n) is 3.58. The van der Waals surface area contributed by atoms with E-state index in [1.54, 1.807) is 12.3 Å². The van der Waals surface area contributed by atoms with Crippen LogP contribution >= 0.6 is 0 Å². The molecule has 1 fully saturated rings. The highest BCUT2D eigenvalue weighted by molar-refractivity contribution is 5.61. The number of nitrogens with one attached hydrogen (secondary N) is 1. The maximum absolute atomic E-state index is 10.7. The number of aldehydes is 1. The SMILES string of the molecule is Nc1ccc(N2CCNC(C=O)C2)cn1. The predicted molar refractivity (Wildman–Crippen MR) is 58.7 cm³/mol. The van der Waals surface area contributed by atoms with Crippen LogP contribution in [0, 0.1) is 0 Å². The Balaban J connectivity index is 2.09. The van der Waals surface area contributed by atoms with Crippen molar-refractivity contribution in [2.75, 3.05) is 30.3 Å². The molecule has 2 heterocycles. The number of carbonyl (C=O) groups is 1. The van der Waals surface area contributed by atoms with Crippen LogP contribution in [-0.4, -0.2) is 36.9 Å². The van der Waals surface area contributed by atoms with Crippen molar-refractivity contribution >= 4 is 17.8 Å². The number of piperazine rings is 1. The number of nitrogen functional groups attached to an aromatic ring is 1. The van der Waals surface area contributed by atoms with Crippen LogP contribution in [0.4, 0.5) is 11.5 Å². The molecule has 1 aliphatic rings. The van der Waals surface area contributed by atoms with E-state index in [0.717, 1.165) is 25.1 Å². The number of hydrogen-bond acceptors (Lipinski definition) is 5. The van der Waals surface area contributed by atoms with E-state index in [2.05, 4.69) is 15.2 Å². The van der Waals surface area contributed by atoms with Gasteiger partial charge in [-0.15, -0.1) is 0 Å². The fourth-order valence-corrected chi connectivity index (χ4v) is 1.69. The van der Waals surface area contributed by atoms with Gasteiger partial charge in [0.05, 0.1) is 17.9 Å². The van der Waals surface area contributed by atoms with Crippen LogP contribution in [0.3, 0.4) is 0 Å². The summed E-state index contributed by atoms with van der Waals surface area (Å²) in [6, 6.07) is 3.61. The predicted octanol–water partition coefficient (Wildman–Crippen LogP) is -0.359. The first-order chi connectivity index (χ1) is 7.29. The van der Waals surface area contributed by atoms with Gasteiger partial charge in [0, 0.05) is 19.6 Å². The van der Waals surface area contributed by atoms with Crippen molar-refractivity contribution in [3.8, 4) is 0 Å². The number of nitrogens with two attached hydrogens (primary N) is 1. The van der Waals surface area contributed by atoms with Gasteiger partial charge >= 0.3 is 0 Å². The minimum Gasteiger partial charge on any atom is -0.384 e. The summed E-state index contributed by atoms with van der Waals surface area (Å²) in [5.74, 6) is 0.515. The van der Waals surface area contributed by atoms with Crippen molar-refractivity contribution in [1.29, 1.82) is 0 Å². The van der Waals surface area contributed by atoms with Crippen molar-refractivity contribution in [3.05, 3.63) is 18.3 Å². The molecule has 5 nitrogen and oxygen atoms in total. The molecule has 1 unspecified atom stereocenters.